The van der Waals surface area contributed by atoms with Crippen molar-refractivity contribution in [2.75, 3.05) is 38.3 Å². The minimum absolute atomic E-state index is 0.696. The number of ether oxygens (including phenoxy) is 1. The molecule has 0 saturated carbocycles. The number of hydrogen-bond acceptors (Lipinski definition) is 4. The van der Waals surface area contributed by atoms with Crippen LogP contribution in [0.3, 0.4) is 0 Å². The highest BCUT2D eigenvalue weighted by Crippen LogP contribution is 2.19. The predicted molar refractivity (Wildman–Crippen MR) is 89.9 cm³/mol. The fourth-order valence-corrected chi connectivity index (χ4v) is 2.33. The molecule has 0 saturated heterocycles. The molecular weight excluding hydrogens is 262 g/mol. The lowest BCUT2D eigenvalue weighted by Gasteiger charge is -2.26. The smallest absolute Gasteiger partial charge is 0.131 e. The van der Waals surface area contributed by atoms with Crippen LogP contribution >= 0.6 is 0 Å². The maximum atomic E-state index is 5.03. The number of nitrogens with zero attached hydrogens (tertiary/aromatic N) is 2. The van der Waals surface area contributed by atoms with Crippen molar-refractivity contribution in [1.82, 2.24) is 10.3 Å². The van der Waals surface area contributed by atoms with E-state index in [9.17, 15) is 0 Å². The van der Waals surface area contributed by atoms with Crippen molar-refractivity contribution in [2.45, 2.75) is 40.7 Å². The van der Waals surface area contributed by atoms with E-state index in [2.05, 4.69) is 44.0 Å². The first-order valence-electron chi connectivity index (χ1n) is 8.02. The Morgan fingerprint density at radius 2 is 2.14 bits per heavy atom. The molecule has 21 heavy (non-hydrogen) atoms. The van der Waals surface area contributed by atoms with Crippen molar-refractivity contribution in [3.8, 4) is 0 Å². The summed E-state index contributed by atoms with van der Waals surface area (Å²) in [6, 6.07) is 2.24. The molecule has 0 aliphatic heterocycles. The van der Waals surface area contributed by atoms with E-state index in [0.717, 1.165) is 38.6 Å². The minimum Gasteiger partial charge on any atom is -0.383 e. The fourth-order valence-electron chi connectivity index (χ4n) is 2.33. The van der Waals surface area contributed by atoms with Gasteiger partial charge in [0, 0.05) is 39.5 Å². The van der Waals surface area contributed by atoms with Gasteiger partial charge in [-0.3, -0.25) is 0 Å². The first-order chi connectivity index (χ1) is 10.1. The van der Waals surface area contributed by atoms with E-state index in [1.165, 1.54) is 17.5 Å². The van der Waals surface area contributed by atoms with Gasteiger partial charge < -0.3 is 15.0 Å². The molecule has 1 unspecified atom stereocenters. The molecular formula is C17H31N3O. The number of anilines is 1. The zero-order valence-electron chi connectivity index (χ0n) is 14.3. The van der Waals surface area contributed by atoms with Gasteiger partial charge in [0.2, 0.25) is 0 Å². The van der Waals surface area contributed by atoms with Gasteiger partial charge in [0.05, 0.1) is 6.61 Å². The highest BCUT2D eigenvalue weighted by atomic mass is 16.5. The van der Waals surface area contributed by atoms with Gasteiger partial charge in [0.1, 0.15) is 5.82 Å². The fraction of sp³-hybridized carbons (Fsp3) is 0.706. The van der Waals surface area contributed by atoms with Crippen molar-refractivity contribution >= 4 is 5.82 Å². The molecule has 0 amide bonds. The van der Waals surface area contributed by atoms with Crippen LogP contribution in [0.2, 0.25) is 0 Å². The average molecular weight is 293 g/mol. The first kappa shape index (κ1) is 17.9. The van der Waals surface area contributed by atoms with Crippen LogP contribution < -0.4 is 10.2 Å². The van der Waals surface area contributed by atoms with Crippen LogP contribution in [0.4, 0.5) is 5.82 Å². The summed E-state index contributed by atoms with van der Waals surface area (Å²) >= 11 is 0. The number of rotatable bonds is 10. The highest BCUT2D eigenvalue weighted by molar-refractivity contribution is 5.47. The van der Waals surface area contributed by atoms with Crippen molar-refractivity contribution in [1.29, 1.82) is 0 Å². The van der Waals surface area contributed by atoms with Crippen molar-refractivity contribution < 1.29 is 4.74 Å². The van der Waals surface area contributed by atoms with Gasteiger partial charge in [0.25, 0.3) is 0 Å². The van der Waals surface area contributed by atoms with Gasteiger partial charge in [-0.25, -0.2) is 4.98 Å². The molecule has 4 heteroatoms. The predicted octanol–water partition coefficient (Wildman–Crippen LogP) is 3.00. The lowest BCUT2D eigenvalue weighted by molar-refractivity contribution is 0.199. The summed E-state index contributed by atoms with van der Waals surface area (Å²) in [7, 11) is 1.72. The second-order valence-corrected chi connectivity index (χ2v) is 5.71. The molecule has 1 aromatic rings. The Morgan fingerprint density at radius 1 is 1.38 bits per heavy atom. The molecule has 1 heterocycles. The lowest BCUT2D eigenvalue weighted by Crippen LogP contribution is -2.29. The number of aryl methyl sites for hydroxylation is 1. The zero-order chi connectivity index (χ0) is 15.7. The summed E-state index contributed by atoms with van der Waals surface area (Å²) < 4.78 is 5.03. The molecule has 0 fully saturated rings. The number of pyridine rings is 1. The van der Waals surface area contributed by atoms with Gasteiger partial charge in [-0.15, -0.1) is 0 Å². The van der Waals surface area contributed by atoms with Crippen LogP contribution in [-0.4, -0.2) is 38.3 Å². The maximum absolute atomic E-state index is 5.03. The van der Waals surface area contributed by atoms with Crippen LogP contribution in [0.5, 0.6) is 0 Å². The van der Waals surface area contributed by atoms with Gasteiger partial charge in [0.15, 0.2) is 0 Å². The number of aromatic nitrogens is 1. The van der Waals surface area contributed by atoms with Gasteiger partial charge >= 0.3 is 0 Å². The molecule has 1 N–H and O–H groups in total. The van der Waals surface area contributed by atoms with Gasteiger partial charge in [-0.05, 0) is 37.0 Å². The Morgan fingerprint density at radius 3 is 2.71 bits per heavy atom. The number of hydrogen-bond donors (Lipinski definition) is 1. The molecule has 0 aromatic carbocycles. The molecule has 120 valence electrons. The SMILES string of the molecule is CCC(C)CN(CC)c1ncc(CNCCOC)cc1C. The molecule has 0 bridgehead atoms. The molecule has 1 rings (SSSR count). The van der Waals surface area contributed by atoms with Gasteiger partial charge in [-0.1, -0.05) is 20.3 Å². The van der Waals surface area contributed by atoms with Gasteiger partial charge in [-0.2, -0.15) is 0 Å². The standard InChI is InChI=1S/C17H31N3O/c1-6-14(3)13-20(7-2)17-15(4)10-16(12-19-17)11-18-8-9-21-5/h10,12,14,18H,6-9,11,13H2,1-5H3. The lowest BCUT2D eigenvalue weighted by atomic mass is 10.1. The van der Waals surface area contributed by atoms with E-state index in [4.69, 9.17) is 9.72 Å². The van der Waals surface area contributed by atoms with E-state index >= 15 is 0 Å². The summed E-state index contributed by atoms with van der Waals surface area (Å²) in [5.41, 5.74) is 2.48. The summed E-state index contributed by atoms with van der Waals surface area (Å²) in [4.78, 5) is 7.07. The van der Waals surface area contributed by atoms with Crippen LogP contribution in [-0.2, 0) is 11.3 Å². The van der Waals surface area contributed by atoms with E-state index in [-0.39, 0.29) is 0 Å². The molecule has 0 radical (unpaired) electrons. The zero-order valence-corrected chi connectivity index (χ0v) is 14.3. The largest absolute Gasteiger partial charge is 0.383 e. The number of nitrogens with one attached hydrogen (secondary N) is 1. The van der Waals surface area contributed by atoms with Crippen molar-refractivity contribution in [3.05, 3.63) is 23.4 Å². The Bertz CT molecular complexity index is 409. The topological polar surface area (TPSA) is 37.4 Å². The highest BCUT2D eigenvalue weighted by Gasteiger charge is 2.12. The Labute approximate surface area is 129 Å². The maximum Gasteiger partial charge on any atom is 0.131 e. The van der Waals surface area contributed by atoms with Crippen molar-refractivity contribution in [3.63, 3.8) is 0 Å². The third-order valence-electron chi connectivity index (χ3n) is 3.83. The Balaban J connectivity index is 2.67. The average Bonchev–Trinajstić information content (AvgIpc) is 2.49. The Hall–Kier alpha value is -1.13. The molecule has 1 aromatic heterocycles. The minimum atomic E-state index is 0.696. The third-order valence-corrected chi connectivity index (χ3v) is 3.83. The summed E-state index contributed by atoms with van der Waals surface area (Å²) in [6.45, 7) is 13.4. The van der Waals surface area contributed by atoms with E-state index in [1.807, 2.05) is 6.20 Å². The number of methoxy groups -OCH3 is 1. The molecule has 1 atom stereocenters. The van der Waals surface area contributed by atoms with Crippen molar-refractivity contribution in [2.24, 2.45) is 5.92 Å². The van der Waals surface area contributed by atoms with Crippen LogP contribution in [0.15, 0.2) is 12.3 Å². The molecule has 0 spiro atoms. The summed E-state index contributed by atoms with van der Waals surface area (Å²) in [6.07, 6.45) is 3.19. The first-order valence-corrected chi connectivity index (χ1v) is 8.02. The van der Waals surface area contributed by atoms with E-state index < -0.39 is 0 Å². The van der Waals surface area contributed by atoms with Crippen LogP contribution in [0, 0.1) is 12.8 Å². The second kappa shape index (κ2) is 9.74. The molecule has 0 aliphatic rings. The third kappa shape index (κ3) is 6.02. The van der Waals surface area contributed by atoms with E-state index in [0.29, 0.717) is 5.92 Å². The second-order valence-electron chi connectivity index (χ2n) is 5.71. The van der Waals surface area contributed by atoms with Crippen LogP contribution in [0.25, 0.3) is 0 Å². The van der Waals surface area contributed by atoms with E-state index in [1.54, 1.807) is 7.11 Å². The molecule has 0 aliphatic carbocycles. The Kier molecular flexibility index (Phi) is 8.31. The van der Waals surface area contributed by atoms with Crippen LogP contribution in [0.1, 0.15) is 38.3 Å². The normalized spacial score (nSPS) is 12.4. The molecule has 4 nitrogen and oxygen atoms in total. The quantitative estimate of drug-likeness (QED) is 0.673. The summed E-state index contributed by atoms with van der Waals surface area (Å²) in [5, 5.41) is 3.36. The summed E-state index contributed by atoms with van der Waals surface area (Å²) in [5.74, 6) is 1.82. The monoisotopic (exact) mass is 293 g/mol.